The summed E-state index contributed by atoms with van der Waals surface area (Å²) >= 11 is 1.19. The molecule has 158 valence electrons. The van der Waals surface area contributed by atoms with Crippen molar-refractivity contribution in [2.75, 3.05) is 18.4 Å². The summed E-state index contributed by atoms with van der Waals surface area (Å²) < 4.78 is 32.4. The minimum Gasteiger partial charge on any atom is -0.497 e. The zero-order valence-electron chi connectivity index (χ0n) is 16.5. The summed E-state index contributed by atoms with van der Waals surface area (Å²) in [7, 11) is -2.22. The molecule has 0 saturated carbocycles. The first-order valence-electron chi connectivity index (χ1n) is 9.38. The molecule has 0 unspecified atom stereocenters. The van der Waals surface area contributed by atoms with Crippen molar-refractivity contribution in [1.29, 1.82) is 0 Å². The molecule has 7 nitrogen and oxygen atoms in total. The monoisotopic (exact) mass is 445 g/mol. The third kappa shape index (κ3) is 6.30. The first kappa shape index (κ1) is 21.8. The number of ether oxygens (including phenoxy) is 1. The molecule has 2 aromatic carbocycles. The fourth-order valence-electron chi connectivity index (χ4n) is 2.72. The molecule has 0 radical (unpaired) electrons. The lowest BCUT2D eigenvalue weighted by atomic mass is 10.1. The van der Waals surface area contributed by atoms with Crippen LogP contribution in [-0.4, -0.2) is 33.0 Å². The fraction of sp³-hybridized carbons (Fsp3) is 0.238. The number of aromatic nitrogens is 1. The van der Waals surface area contributed by atoms with E-state index in [0.717, 1.165) is 6.42 Å². The maximum absolute atomic E-state index is 12.5. The van der Waals surface area contributed by atoms with Crippen LogP contribution < -0.4 is 14.8 Å². The summed E-state index contributed by atoms with van der Waals surface area (Å²) in [6.07, 6.45) is 1.52. The SMILES string of the molecule is COc1ccc(S(=O)(=O)Nc2nc(CCC(=O)NCCc3ccccc3)cs2)cc1. The third-order valence-electron chi connectivity index (χ3n) is 4.33. The van der Waals surface area contributed by atoms with Gasteiger partial charge in [0.2, 0.25) is 5.91 Å². The first-order valence-corrected chi connectivity index (χ1v) is 11.7. The molecule has 0 atom stereocenters. The van der Waals surface area contributed by atoms with E-state index in [0.29, 0.717) is 30.8 Å². The minimum atomic E-state index is -3.73. The molecular formula is C21H23N3O4S2. The second-order valence-electron chi connectivity index (χ2n) is 6.51. The van der Waals surface area contributed by atoms with Gasteiger partial charge in [0.1, 0.15) is 5.75 Å². The molecule has 0 aliphatic carbocycles. The van der Waals surface area contributed by atoms with Crippen molar-refractivity contribution in [3.8, 4) is 5.75 Å². The molecule has 0 saturated heterocycles. The molecule has 0 spiro atoms. The van der Waals surface area contributed by atoms with E-state index in [4.69, 9.17) is 4.74 Å². The molecule has 30 heavy (non-hydrogen) atoms. The first-order chi connectivity index (χ1) is 14.5. The number of carbonyl (C=O) groups excluding carboxylic acids is 1. The van der Waals surface area contributed by atoms with Gasteiger partial charge in [-0.25, -0.2) is 13.4 Å². The highest BCUT2D eigenvalue weighted by molar-refractivity contribution is 7.93. The van der Waals surface area contributed by atoms with E-state index in [-0.39, 0.29) is 15.9 Å². The van der Waals surface area contributed by atoms with Gasteiger partial charge in [0.25, 0.3) is 10.0 Å². The topological polar surface area (TPSA) is 97.4 Å². The summed E-state index contributed by atoms with van der Waals surface area (Å²) in [5, 5.41) is 4.91. The van der Waals surface area contributed by atoms with E-state index in [9.17, 15) is 13.2 Å². The van der Waals surface area contributed by atoms with Crippen LogP contribution in [0.4, 0.5) is 5.13 Å². The van der Waals surface area contributed by atoms with Gasteiger partial charge in [-0.05, 0) is 42.7 Å². The Balaban J connectivity index is 1.46. The molecule has 1 heterocycles. The van der Waals surface area contributed by atoms with Gasteiger partial charge in [-0.2, -0.15) is 0 Å². The van der Waals surface area contributed by atoms with Crippen LogP contribution in [0.5, 0.6) is 5.75 Å². The number of methoxy groups -OCH3 is 1. The van der Waals surface area contributed by atoms with E-state index in [1.54, 1.807) is 17.5 Å². The minimum absolute atomic E-state index is 0.0562. The Kier molecular flexibility index (Phi) is 7.42. The van der Waals surface area contributed by atoms with Crippen LogP contribution in [0.15, 0.2) is 64.9 Å². The van der Waals surface area contributed by atoms with Crippen molar-refractivity contribution in [3.05, 3.63) is 71.2 Å². The molecule has 0 aliphatic rings. The van der Waals surface area contributed by atoms with Crippen molar-refractivity contribution in [3.63, 3.8) is 0 Å². The Hall–Kier alpha value is -2.91. The molecule has 3 aromatic rings. The van der Waals surface area contributed by atoms with E-state index in [2.05, 4.69) is 15.0 Å². The number of carbonyl (C=O) groups is 1. The van der Waals surface area contributed by atoms with Crippen molar-refractivity contribution in [2.24, 2.45) is 0 Å². The van der Waals surface area contributed by atoms with Crippen molar-refractivity contribution in [1.82, 2.24) is 10.3 Å². The largest absolute Gasteiger partial charge is 0.497 e. The standard InChI is InChI=1S/C21H23N3O4S2/c1-28-18-8-10-19(11-9-18)30(26,27)24-21-23-17(15-29-21)7-12-20(25)22-14-13-16-5-3-2-4-6-16/h2-6,8-11,15H,7,12-14H2,1H3,(H,22,25)(H,23,24). The number of sulfonamides is 1. The van der Waals surface area contributed by atoms with Gasteiger partial charge in [-0.15, -0.1) is 11.3 Å². The van der Waals surface area contributed by atoms with E-state index in [1.807, 2.05) is 30.3 Å². The van der Waals surface area contributed by atoms with E-state index >= 15 is 0 Å². The number of anilines is 1. The lowest BCUT2D eigenvalue weighted by molar-refractivity contribution is -0.121. The Bertz CT molecular complexity index is 1070. The second kappa shape index (κ2) is 10.2. The summed E-state index contributed by atoms with van der Waals surface area (Å²) in [6.45, 7) is 0.576. The number of hydrogen-bond donors (Lipinski definition) is 2. The summed E-state index contributed by atoms with van der Waals surface area (Å²) in [5.41, 5.74) is 1.84. The number of aryl methyl sites for hydroxylation is 1. The number of nitrogens with zero attached hydrogens (tertiary/aromatic N) is 1. The molecule has 0 fully saturated rings. The summed E-state index contributed by atoms with van der Waals surface area (Å²) in [5.74, 6) is 0.520. The maximum Gasteiger partial charge on any atom is 0.263 e. The van der Waals surface area contributed by atoms with E-state index in [1.165, 1.54) is 36.1 Å². The average molecular weight is 446 g/mol. The predicted octanol–water partition coefficient (Wildman–Crippen LogP) is 3.24. The van der Waals surface area contributed by atoms with Crippen LogP contribution in [0.2, 0.25) is 0 Å². The number of nitrogens with one attached hydrogen (secondary N) is 2. The highest BCUT2D eigenvalue weighted by Gasteiger charge is 2.16. The quantitative estimate of drug-likeness (QED) is 0.499. The Labute approximate surface area is 180 Å². The van der Waals surface area contributed by atoms with Crippen molar-refractivity contribution < 1.29 is 17.9 Å². The Morgan fingerprint density at radius 3 is 2.50 bits per heavy atom. The fourth-order valence-corrected chi connectivity index (χ4v) is 4.72. The number of hydrogen-bond acceptors (Lipinski definition) is 6. The van der Waals surface area contributed by atoms with Crippen LogP contribution in [0.3, 0.4) is 0 Å². The van der Waals surface area contributed by atoms with Gasteiger partial charge < -0.3 is 10.1 Å². The number of benzene rings is 2. The van der Waals surface area contributed by atoms with Gasteiger partial charge in [-0.3, -0.25) is 9.52 Å². The summed E-state index contributed by atoms with van der Waals surface area (Å²) in [6, 6.07) is 16.0. The van der Waals surface area contributed by atoms with Crippen LogP contribution in [-0.2, 0) is 27.7 Å². The molecule has 1 aromatic heterocycles. The molecule has 0 aliphatic heterocycles. The van der Waals surface area contributed by atoms with Gasteiger partial charge >= 0.3 is 0 Å². The molecule has 1 amide bonds. The number of amides is 1. The molecule has 2 N–H and O–H groups in total. The van der Waals surface area contributed by atoms with Crippen LogP contribution in [0.25, 0.3) is 0 Å². The number of rotatable bonds is 10. The third-order valence-corrected chi connectivity index (χ3v) is 6.62. The smallest absolute Gasteiger partial charge is 0.263 e. The predicted molar refractivity (Wildman–Crippen MR) is 117 cm³/mol. The van der Waals surface area contributed by atoms with Gasteiger partial charge in [0, 0.05) is 18.3 Å². The lowest BCUT2D eigenvalue weighted by Gasteiger charge is -2.06. The second-order valence-corrected chi connectivity index (χ2v) is 9.05. The zero-order valence-corrected chi connectivity index (χ0v) is 18.1. The normalized spacial score (nSPS) is 11.1. The van der Waals surface area contributed by atoms with Crippen molar-refractivity contribution >= 4 is 32.4 Å². The van der Waals surface area contributed by atoms with Crippen LogP contribution in [0, 0.1) is 0 Å². The van der Waals surface area contributed by atoms with Gasteiger partial charge in [0.05, 0.1) is 17.7 Å². The van der Waals surface area contributed by atoms with Gasteiger partial charge in [-0.1, -0.05) is 30.3 Å². The van der Waals surface area contributed by atoms with Crippen molar-refractivity contribution in [2.45, 2.75) is 24.2 Å². The molecule has 0 bridgehead atoms. The lowest BCUT2D eigenvalue weighted by Crippen LogP contribution is -2.25. The highest BCUT2D eigenvalue weighted by Crippen LogP contribution is 2.22. The zero-order chi connectivity index (χ0) is 21.4. The average Bonchev–Trinajstić information content (AvgIpc) is 3.19. The van der Waals surface area contributed by atoms with Crippen LogP contribution in [0.1, 0.15) is 17.7 Å². The molecule has 3 rings (SSSR count). The molecular weight excluding hydrogens is 422 g/mol. The van der Waals surface area contributed by atoms with Crippen LogP contribution >= 0.6 is 11.3 Å². The number of thiazole rings is 1. The van der Waals surface area contributed by atoms with E-state index < -0.39 is 10.0 Å². The highest BCUT2D eigenvalue weighted by atomic mass is 32.2. The van der Waals surface area contributed by atoms with Gasteiger partial charge in [0.15, 0.2) is 5.13 Å². The maximum atomic E-state index is 12.5. The Morgan fingerprint density at radius 1 is 1.07 bits per heavy atom. The Morgan fingerprint density at radius 2 is 1.80 bits per heavy atom. The summed E-state index contributed by atoms with van der Waals surface area (Å²) in [4.78, 5) is 16.4. The molecule has 9 heteroatoms.